The van der Waals surface area contributed by atoms with Crippen molar-refractivity contribution in [1.82, 2.24) is 24.8 Å². The summed E-state index contributed by atoms with van der Waals surface area (Å²) in [4.78, 5) is 34.6. The summed E-state index contributed by atoms with van der Waals surface area (Å²) in [5.74, 6) is 1.21. The molecule has 0 spiro atoms. The number of hydrogen-bond donors (Lipinski definition) is 2. The van der Waals surface area contributed by atoms with Crippen LogP contribution in [0.2, 0.25) is 0 Å². The molecule has 0 aromatic carbocycles. The number of carbonyl (C=O) groups is 2. The van der Waals surface area contributed by atoms with Gasteiger partial charge in [-0.3, -0.25) is 9.59 Å². The number of hydrogen-bond acceptors (Lipinski definition) is 3. The van der Waals surface area contributed by atoms with E-state index in [1.165, 1.54) is 0 Å². The summed E-state index contributed by atoms with van der Waals surface area (Å²) in [6.07, 6.45) is 10.7. The van der Waals surface area contributed by atoms with Gasteiger partial charge in [-0.25, -0.2) is 4.98 Å². The molecule has 7 heteroatoms. The van der Waals surface area contributed by atoms with Gasteiger partial charge in [0, 0.05) is 56.8 Å². The first-order valence-corrected chi connectivity index (χ1v) is 9.26. The molecule has 26 heavy (non-hydrogen) atoms. The van der Waals surface area contributed by atoms with E-state index in [1.807, 2.05) is 35.8 Å². The number of aromatic amines is 1. The van der Waals surface area contributed by atoms with E-state index in [-0.39, 0.29) is 23.8 Å². The van der Waals surface area contributed by atoms with E-state index in [9.17, 15) is 9.59 Å². The number of aromatic nitrogens is 3. The fraction of sp³-hybridized carbons (Fsp3) is 0.526. The molecule has 3 heterocycles. The van der Waals surface area contributed by atoms with Crippen molar-refractivity contribution in [2.45, 2.75) is 44.7 Å². The van der Waals surface area contributed by atoms with Crippen LogP contribution < -0.4 is 5.32 Å². The third-order valence-corrected chi connectivity index (χ3v) is 5.55. The van der Waals surface area contributed by atoms with Gasteiger partial charge in [0.1, 0.15) is 5.82 Å². The smallest absolute Gasteiger partial charge is 0.253 e. The van der Waals surface area contributed by atoms with Gasteiger partial charge in [-0.05, 0) is 31.7 Å². The molecule has 1 saturated carbocycles. The summed E-state index contributed by atoms with van der Waals surface area (Å²) in [5, 5.41) is 3.07. The van der Waals surface area contributed by atoms with Crippen molar-refractivity contribution in [3.63, 3.8) is 0 Å². The predicted octanol–water partition coefficient (Wildman–Crippen LogP) is 1.93. The quantitative estimate of drug-likeness (QED) is 0.860. The van der Waals surface area contributed by atoms with E-state index in [1.54, 1.807) is 12.4 Å². The molecular weight excluding hydrogens is 330 g/mol. The van der Waals surface area contributed by atoms with Crippen molar-refractivity contribution < 1.29 is 9.59 Å². The largest absolute Gasteiger partial charge is 0.367 e. The Labute approximate surface area is 152 Å². The Bertz CT molecular complexity index is 820. The summed E-state index contributed by atoms with van der Waals surface area (Å²) >= 11 is 0. The molecule has 0 radical (unpaired) electrons. The number of carbonyl (C=O) groups excluding carboxylic acids is 2. The van der Waals surface area contributed by atoms with Crippen LogP contribution in [-0.2, 0) is 11.8 Å². The first kappa shape index (κ1) is 16.9. The maximum atomic E-state index is 12.6. The fourth-order valence-electron chi connectivity index (χ4n) is 3.98. The molecule has 2 aliphatic rings. The molecule has 1 aliphatic carbocycles. The highest BCUT2D eigenvalue weighted by Crippen LogP contribution is 2.42. The molecule has 1 saturated heterocycles. The van der Waals surface area contributed by atoms with Gasteiger partial charge in [0.15, 0.2) is 0 Å². The Kier molecular flexibility index (Phi) is 4.30. The maximum absolute atomic E-state index is 12.6. The molecule has 2 fully saturated rings. The highest BCUT2D eigenvalue weighted by Gasteiger charge is 2.45. The van der Waals surface area contributed by atoms with E-state index in [2.05, 4.69) is 15.3 Å². The predicted molar refractivity (Wildman–Crippen MR) is 96.4 cm³/mol. The van der Waals surface area contributed by atoms with Crippen molar-refractivity contribution in [3.8, 4) is 0 Å². The average molecular weight is 355 g/mol. The second-order valence-electron chi connectivity index (χ2n) is 7.43. The molecule has 138 valence electrons. The molecule has 2 aromatic rings. The van der Waals surface area contributed by atoms with E-state index in [0.717, 1.165) is 30.7 Å². The molecule has 2 amide bonds. The van der Waals surface area contributed by atoms with E-state index < -0.39 is 0 Å². The van der Waals surface area contributed by atoms with Crippen LogP contribution in [0.5, 0.6) is 0 Å². The summed E-state index contributed by atoms with van der Waals surface area (Å²) < 4.78 is 1.99. The maximum Gasteiger partial charge on any atom is 0.253 e. The standard InChI is InChI=1S/C19H25N5O2/c1-12-9-20-11-15(12)19(26)22-10-13-3-6-16(25)24(14-4-5-14)17(13)18-21-7-8-23(18)2/h7-9,11,13-14,17,20H,3-6,10H2,1-2H3,(H,22,26)/t13-,17+/m1/s1. The van der Waals surface area contributed by atoms with E-state index in [4.69, 9.17) is 0 Å². The Hall–Kier alpha value is -2.57. The van der Waals surface area contributed by atoms with E-state index >= 15 is 0 Å². The summed E-state index contributed by atoms with van der Waals surface area (Å²) in [7, 11) is 1.96. The van der Waals surface area contributed by atoms with Gasteiger partial charge in [0.05, 0.1) is 11.6 Å². The van der Waals surface area contributed by atoms with E-state index in [0.29, 0.717) is 24.6 Å². The lowest BCUT2D eigenvalue weighted by Gasteiger charge is -2.41. The monoisotopic (exact) mass is 355 g/mol. The lowest BCUT2D eigenvalue weighted by molar-refractivity contribution is -0.140. The highest BCUT2D eigenvalue weighted by atomic mass is 16.2. The second-order valence-corrected chi connectivity index (χ2v) is 7.43. The highest BCUT2D eigenvalue weighted by molar-refractivity contribution is 5.95. The number of imidazole rings is 1. The van der Waals surface area contributed by atoms with Crippen molar-refractivity contribution in [2.24, 2.45) is 13.0 Å². The second kappa shape index (κ2) is 6.63. The molecule has 7 nitrogen and oxygen atoms in total. The van der Waals surface area contributed by atoms with Gasteiger partial charge in [-0.1, -0.05) is 0 Å². The number of rotatable bonds is 5. The van der Waals surface area contributed by atoms with Gasteiger partial charge in [-0.2, -0.15) is 0 Å². The minimum atomic E-state index is -0.0728. The summed E-state index contributed by atoms with van der Waals surface area (Å²) in [6.45, 7) is 2.45. The molecule has 0 unspecified atom stereocenters. The number of likely N-dealkylation sites (tertiary alicyclic amines) is 1. The molecule has 2 N–H and O–H groups in total. The van der Waals surface area contributed by atoms with Crippen molar-refractivity contribution >= 4 is 11.8 Å². The Morgan fingerprint density at radius 1 is 1.35 bits per heavy atom. The SMILES string of the molecule is Cc1c[nH]cc1C(=O)NC[C@H]1CCC(=O)N(C2CC2)[C@@H]1c1nccn1C. The van der Waals surface area contributed by atoms with Crippen LogP contribution in [0.4, 0.5) is 0 Å². The van der Waals surface area contributed by atoms with Gasteiger partial charge in [0.25, 0.3) is 5.91 Å². The van der Waals surface area contributed by atoms with Gasteiger partial charge < -0.3 is 19.8 Å². The van der Waals surface area contributed by atoms with Crippen LogP contribution in [0.1, 0.15) is 53.5 Å². The Morgan fingerprint density at radius 3 is 2.77 bits per heavy atom. The summed E-state index contributed by atoms with van der Waals surface area (Å²) in [6, 6.07) is 0.256. The zero-order valence-corrected chi connectivity index (χ0v) is 15.2. The van der Waals surface area contributed by atoms with Gasteiger partial charge in [-0.15, -0.1) is 0 Å². The molecule has 0 bridgehead atoms. The average Bonchev–Trinajstić information content (AvgIpc) is 3.23. The third-order valence-electron chi connectivity index (χ3n) is 5.55. The zero-order valence-electron chi connectivity index (χ0n) is 15.2. The Morgan fingerprint density at radius 2 is 2.15 bits per heavy atom. The molecular formula is C19H25N5O2. The van der Waals surface area contributed by atoms with Crippen LogP contribution in [0.15, 0.2) is 24.8 Å². The zero-order chi connectivity index (χ0) is 18.3. The Balaban J connectivity index is 1.55. The number of aryl methyl sites for hydroxylation is 2. The minimum absolute atomic E-state index is 0.0720. The van der Waals surface area contributed by atoms with Crippen LogP contribution in [0.3, 0.4) is 0 Å². The van der Waals surface area contributed by atoms with Crippen LogP contribution >= 0.6 is 0 Å². The number of nitrogens with zero attached hydrogens (tertiary/aromatic N) is 3. The lowest BCUT2D eigenvalue weighted by Crippen LogP contribution is -2.48. The van der Waals surface area contributed by atoms with Crippen LogP contribution in [0, 0.1) is 12.8 Å². The fourth-order valence-corrected chi connectivity index (χ4v) is 3.98. The first-order chi connectivity index (χ1) is 12.6. The number of amides is 2. The molecule has 4 rings (SSSR count). The van der Waals surface area contributed by atoms with Crippen molar-refractivity contribution in [1.29, 1.82) is 0 Å². The normalized spacial score (nSPS) is 23.3. The summed E-state index contributed by atoms with van der Waals surface area (Å²) in [5.41, 5.74) is 1.60. The van der Waals surface area contributed by atoms with Crippen LogP contribution in [-0.4, -0.2) is 43.8 Å². The van der Waals surface area contributed by atoms with Crippen LogP contribution in [0.25, 0.3) is 0 Å². The number of H-pyrrole nitrogens is 1. The van der Waals surface area contributed by atoms with Gasteiger partial charge in [0.2, 0.25) is 5.91 Å². The first-order valence-electron chi connectivity index (χ1n) is 9.26. The molecule has 2 aromatic heterocycles. The van der Waals surface area contributed by atoms with Crippen molar-refractivity contribution in [2.75, 3.05) is 6.54 Å². The third kappa shape index (κ3) is 3.02. The number of nitrogens with one attached hydrogen (secondary N) is 2. The topological polar surface area (TPSA) is 83.0 Å². The molecule has 2 atom stereocenters. The van der Waals surface area contributed by atoms with Gasteiger partial charge >= 0.3 is 0 Å². The van der Waals surface area contributed by atoms with Crippen molar-refractivity contribution in [3.05, 3.63) is 41.7 Å². The minimum Gasteiger partial charge on any atom is -0.367 e. The molecule has 1 aliphatic heterocycles. The number of piperidine rings is 1. The lowest BCUT2D eigenvalue weighted by atomic mass is 9.87.